The minimum atomic E-state index is -3.15. The van der Waals surface area contributed by atoms with Gasteiger partial charge >= 0.3 is 0 Å². The number of carbonyl (C=O) groups is 1. The highest BCUT2D eigenvalue weighted by Crippen LogP contribution is 2.32. The van der Waals surface area contributed by atoms with Crippen LogP contribution >= 0.6 is 0 Å². The highest BCUT2D eigenvalue weighted by Gasteiger charge is 2.32. The Hall–Kier alpha value is -3.59. The Morgan fingerprint density at radius 2 is 1.85 bits per heavy atom. The van der Waals surface area contributed by atoms with Crippen LogP contribution in [-0.4, -0.2) is 40.6 Å². The van der Waals surface area contributed by atoms with E-state index in [1.807, 2.05) is 31.2 Å². The number of rotatable bonds is 4. The van der Waals surface area contributed by atoms with E-state index < -0.39 is 21.6 Å². The van der Waals surface area contributed by atoms with E-state index in [4.69, 9.17) is 4.98 Å². The number of para-hydroxylation sites is 1. The number of aryl methyl sites for hydroxylation is 2. The van der Waals surface area contributed by atoms with Crippen molar-refractivity contribution in [2.24, 2.45) is 0 Å². The normalized spacial score (nSPS) is 17.2. The lowest BCUT2D eigenvalue weighted by Crippen LogP contribution is -2.15. The molecule has 0 saturated carbocycles. The van der Waals surface area contributed by atoms with Crippen molar-refractivity contribution in [3.8, 4) is 11.3 Å². The van der Waals surface area contributed by atoms with Gasteiger partial charge in [-0.3, -0.25) is 4.79 Å². The average Bonchev–Trinajstić information content (AvgIpc) is 3.34. The number of nitrogens with one attached hydrogen (secondary N) is 1. The topological polar surface area (TPSA) is 94.0 Å². The lowest BCUT2D eigenvalue weighted by atomic mass is 10.0. The van der Waals surface area contributed by atoms with Crippen molar-refractivity contribution in [2.75, 3.05) is 16.8 Å². The zero-order chi connectivity index (χ0) is 24.0. The quantitative estimate of drug-likeness (QED) is 0.467. The summed E-state index contributed by atoms with van der Waals surface area (Å²) in [6, 6.07) is 15.0. The van der Waals surface area contributed by atoms with E-state index in [2.05, 4.69) is 10.4 Å². The molecule has 3 heterocycles. The summed E-state index contributed by atoms with van der Waals surface area (Å²) in [5.41, 5.74) is 3.80. The molecule has 0 bridgehead atoms. The van der Waals surface area contributed by atoms with E-state index in [-0.39, 0.29) is 23.2 Å². The lowest BCUT2D eigenvalue weighted by molar-refractivity contribution is 0.102. The molecule has 34 heavy (non-hydrogen) atoms. The summed E-state index contributed by atoms with van der Waals surface area (Å²) < 4.78 is 40.1. The predicted molar refractivity (Wildman–Crippen MR) is 129 cm³/mol. The summed E-state index contributed by atoms with van der Waals surface area (Å²) in [6.07, 6.45) is 0.436. The molecule has 2 aromatic heterocycles. The largest absolute Gasteiger partial charge is 0.319 e. The number of fused-ring (bicyclic) bond motifs is 1. The molecule has 1 unspecified atom stereocenters. The highest BCUT2D eigenvalue weighted by molar-refractivity contribution is 7.91. The van der Waals surface area contributed by atoms with Gasteiger partial charge < -0.3 is 5.32 Å². The summed E-state index contributed by atoms with van der Waals surface area (Å²) >= 11 is 0. The SMILES string of the molecule is Cc1ccc(-c2cc(C(=O)Nc3ccccc3F)c3c(C)nn(C4CCS(=O)(=O)C4)c3n2)cc1. The van der Waals surface area contributed by atoms with Gasteiger partial charge in [-0.15, -0.1) is 0 Å². The lowest BCUT2D eigenvalue weighted by Gasteiger charge is -2.13. The predicted octanol–water partition coefficient (Wildman–Crippen LogP) is 4.47. The summed E-state index contributed by atoms with van der Waals surface area (Å²) in [4.78, 5) is 18.2. The maximum atomic E-state index is 14.2. The van der Waals surface area contributed by atoms with E-state index in [1.165, 1.54) is 12.1 Å². The monoisotopic (exact) mass is 478 g/mol. The van der Waals surface area contributed by atoms with Crippen molar-refractivity contribution in [3.63, 3.8) is 0 Å². The van der Waals surface area contributed by atoms with Gasteiger partial charge in [0, 0.05) is 5.56 Å². The van der Waals surface area contributed by atoms with Crippen LogP contribution in [0.25, 0.3) is 22.3 Å². The van der Waals surface area contributed by atoms with Gasteiger partial charge in [-0.25, -0.2) is 22.5 Å². The summed E-state index contributed by atoms with van der Waals surface area (Å²) in [5, 5.41) is 7.76. The minimum Gasteiger partial charge on any atom is -0.319 e. The molecule has 0 aliphatic carbocycles. The van der Waals surface area contributed by atoms with Crippen LogP contribution < -0.4 is 5.32 Å². The molecule has 1 aliphatic rings. The number of carbonyl (C=O) groups excluding carboxylic acids is 1. The van der Waals surface area contributed by atoms with E-state index >= 15 is 0 Å². The highest BCUT2D eigenvalue weighted by atomic mass is 32.2. The van der Waals surface area contributed by atoms with Crippen molar-refractivity contribution in [1.82, 2.24) is 14.8 Å². The molecule has 1 amide bonds. The summed E-state index contributed by atoms with van der Waals surface area (Å²) in [5.74, 6) is -0.955. The molecule has 7 nitrogen and oxygen atoms in total. The molecule has 2 aromatic carbocycles. The van der Waals surface area contributed by atoms with Crippen molar-refractivity contribution in [3.05, 3.63) is 77.2 Å². The van der Waals surface area contributed by atoms with Crippen LogP contribution in [0.3, 0.4) is 0 Å². The van der Waals surface area contributed by atoms with Gasteiger partial charge in [0.1, 0.15) is 5.82 Å². The van der Waals surface area contributed by atoms with Gasteiger partial charge in [-0.05, 0) is 38.5 Å². The van der Waals surface area contributed by atoms with Gasteiger partial charge in [0.2, 0.25) is 0 Å². The van der Waals surface area contributed by atoms with Gasteiger partial charge in [-0.1, -0.05) is 42.0 Å². The fourth-order valence-corrected chi connectivity index (χ4v) is 6.03. The summed E-state index contributed by atoms with van der Waals surface area (Å²) in [7, 11) is -3.15. The van der Waals surface area contributed by atoms with Gasteiger partial charge in [0.15, 0.2) is 15.5 Å². The van der Waals surface area contributed by atoms with E-state index in [9.17, 15) is 17.6 Å². The molecule has 174 valence electrons. The molecular weight excluding hydrogens is 455 g/mol. The number of pyridine rings is 1. The molecular formula is C25H23FN4O3S. The second-order valence-electron chi connectivity index (χ2n) is 8.64. The molecule has 1 atom stereocenters. The number of aromatic nitrogens is 3. The molecule has 0 radical (unpaired) electrons. The molecule has 1 saturated heterocycles. The van der Waals surface area contributed by atoms with Gasteiger partial charge in [-0.2, -0.15) is 5.10 Å². The number of nitrogens with zero attached hydrogens (tertiary/aromatic N) is 3. The van der Waals surface area contributed by atoms with Gasteiger partial charge in [0.25, 0.3) is 5.91 Å². The third-order valence-electron chi connectivity index (χ3n) is 6.11. The Morgan fingerprint density at radius 1 is 1.12 bits per heavy atom. The van der Waals surface area contributed by atoms with Crippen LogP contribution in [0.1, 0.15) is 34.1 Å². The smallest absolute Gasteiger partial charge is 0.256 e. The van der Waals surface area contributed by atoms with Crippen LogP contribution in [0, 0.1) is 19.7 Å². The van der Waals surface area contributed by atoms with Crippen molar-refractivity contribution in [1.29, 1.82) is 0 Å². The molecule has 1 N–H and O–H groups in total. The zero-order valence-electron chi connectivity index (χ0n) is 18.7. The fraction of sp³-hybridized carbons (Fsp3) is 0.240. The Bertz CT molecular complexity index is 1530. The van der Waals surface area contributed by atoms with E-state index in [1.54, 1.807) is 29.8 Å². The Balaban J connectivity index is 1.69. The Morgan fingerprint density at radius 3 is 2.53 bits per heavy atom. The van der Waals surface area contributed by atoms with Crippen molar-refractivity contribution < 1.29 is 17.6 Å². The average molecular weight is 479 g/mol. The number of anilines is 1. The molecule has 9 heteroatoms. The molecule has 4 aromatic rings. The maximum absolute atomic E-state index is 14.2. The first-order valence-electron chi connectivity index (χ1n) is 10.9. The van der Waals surface area contributed by atoms with Crippen molar-refractivity contribution >= 4 is 32.5 Å². The number of benzene rings is 2. The molecule has 1 fully saturated rings. The third kappa shape index (κ3) is 4.07. The second-order valence-corrected chi connectivity index (χ2v) is 10.9. The first kappa shape index (κ1) is 22.2. The number of sulfone groups is 1. The maximum Gasteiger partial charge on any atom is 0.256 e. The zero-order valence-corrected chi connectivity index (χ0v) is 19.6. The number of hydrogen-bond donors (Lipinski definition) is 1. The van der Waals surface area contributed by atoms with Crippen molar-refractivity contribution in [2.45, 2.75) is 26.3 Å². The van der Waals surface area contributed by atoms with E-state index in [0.29, 0.717) is 34.4 Å². The third-order valence-corrected chi connectivity index (χ3v) is 7.86. The Kier molecular flexibility index (Phi) is 5.44. The van der Waals surface area contributed by atoms with Crippen LogP contribution in [-0.2, 0) is 9.84 Å². The van der Waals surface area contributed by atoms with E-state index in [0.717, 1.165) is 11.1 Å². The molecule has 5 rings (SSSR count). The fourth-order valence-electron chi connectivity index (χ4n) is 4.34. The summed E-state index contributed by atoms with van der Waals surface area (Å²) in [6.45, 7) is 3.74. The first-order chi connectivity index (χ1) is 16.2. The van der Waals surface area contributed by atoms with Gasteiger partial charge in [0.05, 0.1) is 45.6 Å². The van der Waals surface area contributed by atoms with Crippen LogP contribution in [0.2, 0.25) is 0 Å². The molecule has 0 spiro atoms. The molecule has 1 aliphatic heterocycles. The van der Waals surface area contributed by atoms with Crippen LogP contribution in [0.15, 0.2) is 54.6 Å². The first-order valence-corrected chi connectivity index (χ1v) is 12.8. The number of hydrogen-bond acceptors (Lipinski definition) is 5. The standard InChI is InChI=1S/C25H23FN4O3S/c1-15-7-9-17(10-8-15)22-13-19(25(31)28-21-6-4-3-5-20(21)26)23-16(2)29-30(24(23)27-22)18-11-12-34(32,33)14-18/h3-10,13,18H,11-12,14H2,1-2H3,(H,28,31). The second kappa shape index (κ2) is 8.32. The van der Waals surface area contributed by atoms with Crippen LogP contribution in [0.4, 0.5) is 10.1 Å². The Labute approximate surface area is 196 Å². The van der Waals surface area contributed by atoms with Crippen LogP contribution in [0.5, 0.6) is 0 Å². The minimum absolute atomic E-state index is 0.0174. The number of halogens is 1. The number of amides is 1.